The Balaban J connectivity index is 0.00000267. The molecule has 5 aromatic heterocycles. The Kier molecular flexibility index (Phi) is 6.65. The van der Waals surface area contributed by atoms with Crippen molar-refractivity contribution in [2.75, 3.05) is 43.4 Å². The normalized spacial score (nSPS) is 15.2. The zero-order chi connectivity index (χ0) is 23.9. The molecule has 6 heterocycles. The first-order chi connectivity index (χ1) is 17.1. The number of piperazine rings is 1. The molecule has 1 saturated heterocycles. The molecule has 186 valence electrons. The van der Waals surface area contributed by atoms with E-state index in [4.69, 9.17) is 4.98 Å². The van der Waals surface area contributed by atoms with Gasteiger partial charge in [0.1, 0.15) is 23.0 Å². The first-order valence-electron chi connectivity index (χ1n) is 11.5. The van der Waals surface area contributed by atoms with Gasteiger partial charge < -0.3 is 25.1 Å². The molecule has 0 unspecified atom stereocenters. The fourth-order valence-electron chi connectivity index (χ4n) is 4.42. The lowest BCUT2D eigenvalue weighted by Crippen LogP contribution is -2.44. The average molecular weight is 522 g/mol. The number of H-pyrrole nitrogens is 2. The highest BCUT2D eigenvalue weighted by Gasteiger charge is 2.22. The summed E-state index contributed by atoms with van der Waals surface area (Å²) in [6.07, 6.45) is 5.22. The number of nitrogens with zero attached hydrogens (tertiary/aromatic N) is 6. The molecule has 0 spiro atoms. The van der Waals surface area contributed by atoms with Crippen molar-refractivity contribution in [2.45, 2.75) is 13.0 Å². The predicted octanol–water partition coefficient (Wildman–Crippen LogP) is 3.36. The Bertz CT molecular complexity index is 1550. The Hall–Kier alpha value is -3.48. The van der Waals surface area contributed by atoms with Gasteiger partial charge in [0.05, 0.1) is 39.2 Å². The van der Waals surface area contributed by atoms with Crippen LogP contribution in [0.1, 0.15) is 18.8 Å². The third kappa shape index (κ3) is 4.43. The minimum Gasteiger partial charge on any atom is -0.373 e. The van der Waals surface area contributed by atoms with Crippen LogP contribution in [0.5, 0.6) is 0 Å². The molecule has 6 rings (SSSR count). The van der Waals surface area contributed by atoms with Crippen LogP contribution in [0.3, 0.4) is 0 Å². The maximum atomic E-state index is 13.3. The number of pyridine rings is 2. The fourth-order valence-corrected chi connectivity index (χ4v) is 5.28. The molecule has 0 aliphatic carbocycles. The third-order valence-corrected chi connectivity index (χ3v) is 7.30. The van der Waals surface area contributed by atoms with Crippen LogP contribution in [-0.2, 0) is 0 Å². The van der Waals surface area contributed by atoms with Crippen LogP contribution in [0.25, 0.3) is 32.6 Å². The van der Waals surface area contributed by atoms with Gasteiger partial charge in [0.15, 0.2) is 0 Å². The first-order valence-corrected chi connectivity index (χ1v) is 12.4. The van der Waals surface area contributed by atoms with Gasteiger partial charge in [0.25, 0.3) is 5.56 Å². The number of nitrogens with one attached hydrogen (secondary N) is 3. The Morgan fingerprint density at radius 1 is 1.08 bits per heavy atom. The van der Waals surface area contributed by atoms with E-state index in [0.717, 1.165) is 53.2 Å². The quantitative estimate of drug-likeness (QED) is 0.322. The van der Waals surface area contributed by atoms with Gasteiger partial charge in [0, 0.05) is 44.6 Å². The summed E-state index contributed by atoms with van der Waals surface area (Å²) in [6.45, 7) is 5.83. The molecule has 5 aromatic rings. The monoisotopic (exact) mass is 521 g/mol. The van der Waals surface area contributed by atoms with Crippen molar-refractivity contribution >= 4 is 57.6 Å². The summed E-state index contributed by atoms with van der Waals surface area (Å²) in [7, 11) is 2.13. The Labute approximate surface area is 218 Å². The maximum Gasteiger partial charge on any atom is 0.261 e. The molecule has 1 fully saturated rings. The van der Waals surface area contributed by atoms with E-state index in [1.54, 1.807) is 36.0 Å². The zero-order valence-electron chi connectivity index (χ0n) is 19.9. The fraction of sp³-hybridized carbons (Fsp3) is 0.292. The van der Waals surface area contributed by atoms with Crippen molar-refractivity contribution in [3.8, 4) is 11.4 Å². The molecule has 3 N–H and O–H groups in total. The number of likely N-dealkylation sites (N-methyl/N-ethyl adjacent to an activating group) is 1. The van der Waals surface area contributed by atoms with E-state index in [2.05, 4.69) is 47.1 Å². The Morgan fingerprint density at radius 3 is 2.64 bits per heavy atom. The molecule has 0 bridgehead atoms. The standard InChI is InChI=1S/C24H25N9OS.H2S/c1-14(22-25-5-3-6-26-22)28-20-19(24(34)31-15-4-11-35-21(15)20)23-29-16-12-18(27-13-17(16)30-23)33-9-7-32(2)8-10-33;/h3-6,11-14H,7-10H2,1-2H3,(H,29,30)(H2,28,31,34);1H2/t14-;/m0./s1. The smallest absolute Gasteiger partial charge is 0.261 e. The van der Waals surface area contributed by atoms with Gasteiger partial charge in [-0.3, -0.25) is 4.79 Å². The second-order valence-electron chi connectivity index (χ2n) is 8.78. The van der Waals surface area contributed by atoms with Crippen molar-refractivity contribution in [3.05, 3.63) is 58.3 Å². The van der Waals surface area contributed by atoms with Gasteiger partial charge in [-0.25, -0.2) is 19.9 Å². The van der Waals surface area contributed by atoms with Gasteiger partial charge in [-0.2, -0.15) is 13.5 Å². The molecule has 1 aliphatic rings. The second-order valence-corrected chi connectivity index (χ2v) is 9.69. The van der Waals surface area contributed by atoms with Crippen molar-refractivity contribution in [3.63, 3.8) is 0 Å². The first kappa shape index (κ1) is 24.2. The molecule has 1 atom stereocenters. The van der Waals surface area contributed by atoms with E-state index in [9.17, 15) is 4.79 Å². The summed E-state index contributed by atoms with van der Waals surface area (Å²) in [4.78, 5) is 42.4. The number of aromatic amines is 2. The van der Waals surface area contributed by atoms with Crippen LogP contribution in [0.4, 0.5) is 11.5 Å². The van der Waals surface area contributed by atoms with Gasteiger partial charge in [-0.15, -0.1) is 11.3 Å². The number of hydrogen-bond acceptors (Lipinski definition) is 9. The number of rotatable bonds is 5. The van der Waals surface area contributed by atoms with Crippen LogP contribution < -0.4 is 15.8 Å². The summed E-state index contributed by atoms with van der Waals surface area (Å²) in [5.74, 6) is 2.05. The predicted molar refractivity (Wildman–Crippen MR) is 149 cm³/mol. The van der Waals surface area contributed by atoms with E-state index in [1.165, 1.54) is 0 Å². The molecule has 10 nitrogen and oxygen atoms in total. The second kappa shape index (κ2) is 9.88. The molecule has 1 aliphatic heterocycles. The van der Waals surface area contributed by atoms with Gasteiger partial charge >= 0.3 is 0 Å². The highest BCUT2D eigenvalue weighted by molar-refractivity contribution is 7.59. The van der Waals surface area contributed by atoms with Gasteiger partial charge in [-0.05, 0) is 31.5 Å². The maximum absolute atomic E-state index is 13.3. The number of hydrogen-bond donors (Lipinski definition) is 3. The highest BCUT2D eigenvalue weighted by Crippen LogP contribution is 2.36. The van der Waals surface area contributed by atoms with Crippen LogP contribution in [0.2, 0.25) is 0 Å². The van der Waals surface area contributed by atoms with Crippen LogP contribution in [0, 0.1) is 0 Å². The summed E-state index contributed by atoms with van der Waals surface area (Å²) < 4.78 is 0.944. The van der Waals surface area contributed by atoms with E-state index in [1.807, 2.05) is 24.4 Å². The highest BCUT2D eigenvalue weighted by atomic mass is 32.1. The summed E-state index contributed by atoms with van der Waals surface area (Å²) in [5, 5.41) is 5.45. The van der Waals surface area contributed by atoms with Crippen LogP contribution in [0.15, 0.2) is 47.0 Å². The van der Waals surface area contributed by atoms with E-state index >= 15 is 0 Å². The molecule has 36 heavy (non-hydrogen) atoms. The molecule has 0 radical (unpaired) electrons. The number of anilines is 2. The van der Waals surface area contributed by atoms with E-state index < -0.39 is 0 Å². The number of aromatic nitrogens is 6. The van der Waals surface area contributed by atoms with Crippen LogP contribution >= 0.6 is 24.8 Å². The third-order valence-electron chi connectivity index (χ3n) is 6.37. The van der Waals surface area contributed by atoms with Gasteiger partial charge in [-0.1, -0.05) is 0 Å². The van der Waals surface area contributed by atoms with Crippen molar-refractivity contribution in [1.82, 2.24) is 34.8 Å². The lowest BCUT2D eigenvalue weighted by molar-refractivity contribution is 0.312. The SMILES string of the molecule is C[C@H](Nc1c(-c2nc3cc(N4CCN(C)CC4)ncc3[nH]2)c(=O)[nH]c2ccsc12)c1ncccn1.S. The number of fused-ring (bicyclic) bond motifs is 2. The molecule has 0 amide bonds. The molecule has 12 heteroatoms. The molecular weight excluding hydrogens is 494 g/mol. The van der Waals surface area contributed by atoms with Crippen LogP contribution in [-0.4, -0.2) is 68.0 Å². The number of imidazole rings is 1. The lowest BCUT2D eigenvalue weighted by atomic mass is 10.1. The van der Waals surface area contributed by atoms with E-state index in [-0.39, 0.29) is 25.1 Å². The van der Waals surface area contributed by atoms with Crippen molar-refractivity contribution < 1.29 is 0 Å². The lowest BCUT2D eigenvalue weighted by Gasteiger charge is -2.33. The summed E-state index contributed by atoms with van der Waals surface area (Å²) >= 11 is 1.56. The largest absolute Gasteiger partial charge is 0.373 e. The molecule has 0 aromatic carbocycles. The minimum absolute atomic E-state index is 0. The summed E-state index contributed by atoms with van der Waals surface area (Å²) in [6, 6.07) is 5.47. The van der Waals surface area contributed by atoms with Crippen molar-refractivity contribution in [2.24, 2.45) is 0 Å². The van der Waals surface area contributed by atoms with Gasteiger partial charge in [0.2, 0.25) is 0 Å². The average Bonchev–Trinajstić information content (AvgIpc) is 3.51. The summed E-state index contributed by atoms with van der Waals surface area (Å²) in [5.41, 5.74) is 3.30. The molecular formula is C24H27N9OS2. The molecule has 0 saturated carbocycles. The Morgan fingerprint density at radius 2 is 1.86 bits per heavy atom. The topological polar surface area (TPSA) is 119 Å². The minimum atomic E-state index is -0.217. The van der Waals surface area contributed by atoms with E-state index in [0.29, 0.717) is 22.9 Å². The number of thiophene rings is 1. The zero-order valence-corrected chi connectivity index (χ0v) is 21.8. The van der Waals surface area contributed by atoms with Crippen molar-refractivity contribution in [1.29, 1.82) is 0 Å².